The van der Waals surface area contributed by atoms with Crippen LogP contribution < -0.4 is 10.2 Å². The van der Waals surface area contributed by atoms with Gasteiger partial charge in [0.1, 0.15) is 17.3 Å². The zero-order valence-corrected chi connectivity index (χ0v) is 18.7. The Balaban J connectivity index is 1.24. The van der Waals surface area contributed by atoms with E-state index in [1.165, 1.54) is 0 Å². The normalized spacial score (nSPS) is 14.0. The summed E-state index contributed by atoms with van der Waals surface area (Å²) in [7, 11) is 0. The van der Waals surface area contributed by atoms with E-state index in [2.05, 4.69) is 39.2 Å². The number of amides is 1. The summed E-state index contributed by atoms with van der Waals surface area (Å²) in [6.45, 7) is 5.64. The second kappa shape index (κ2) is 9.28. The first-order chi connectivity index (χ1) is 16.2. The number of rotatable bonds is 6. The molecule has 1 aromatic carbocycles. The van der Waals surface area contributed by atoms with E-state index in [0.29, 0.717) is 26.1 Å². The van der Waals surface area contributed by atoms with Crippen molar-refractivity contribution in [3.05, 3.63) is 72.8 Å². The molecule has 0 saturated carbocycles. The van der Waals surface area contributed by atoms with Gasteiger partial charge in [0.25, 0.3) is 0 Å². The Hall–Kier alpha value is -3.94. The molecular formula is C25H27N7O. The minimum absolute atomic E-state index is 0.163. The Labute approximate surface area is 192 Å². The Bertz CT molecular complexity index is 1250. The summed E-state index contributed by atoms with van der Waals surface area (Å²) >= 11 is 0. The first kappa shape index (κ1) is 20.9. The van der Waals surface area contributed by atoms with Crippen LogP contribution in [0.4, 0.5) is 11.6 Å². The van der Waals surface area contributed by atoms with Crippen LogP contribution in [0.5, 0.6) is 0 Å². The molecule has 168 valence electrons. The number of fused-ring (bicyclic) bond motifs is 1. The van der Waals surface area contributed by atoms with Crippen LogP contribution >= 0.6 is 0 Å². The number of anilines is 2. The van der Waals surface area contributed by atoms with Crippen molar-refractivity contribution in [3.8, 4) is 11.3 Å². The average molecular weight is 442 g/mol. The van der Waals surface area contributed by atoms with Crippen molar-refractivity contribution in [1.82, 2.24) is 24.3 Å². The van der Waals surface area contributed by atoms with E-state index in [0.717, 1.165) is 47.2 Å². The third-order valence-corrected chi connectivity index (χ3v) is 6.07. The van der Waals surface area contributed by atoms with Gasteiger partial charge in [-0.05, 0) is 24.6 Å². The summed E-state index contributed by atoms with van der Waals surface area (Å²) in [6.07, 6.45) is 7.62. The number of aromatic nitrogens is 4. The quantitative estimate of drug-likeness (QED) is 0.495. The molecule has 1 aliphatic heterocycles. The van der Waals surface area contributed by atoms with Gasteiger partial charge < -0.3 is 15.1 Å². The summed E-state index contributed by atoms with van der Waals surface area (Å²) < 4.78 is 1.99. The maximum Gasteiger partial charge on any atom is 0.224 e. The molecule has 1 aliphatic rings. The van der Waals surface area contributed by atoms with E-state index < -0.39 is 0 Å². The molecule has 33 heavy (non-hydrogen) atoms. The highest BCUT2D eigenvalue weighted by atomic mass is 16.2. The molecule has 4 heterocycles. The lowest BCUT2D eigenvalue weighted by atomic mass is 10.1. The third kappa shape index (κ3) is 4.37. The number of hydrogen-bond donors (Lipinski definition) is 1. The van der Waals surface area contributed by atoms with Gasteiger partial charge in [-0.1, -0.05) is 30.3 Å². The van der Waals surface area contributed by atoms with Gasteiger partial charge in [-0.15, -0.1) is 0 Å². The summed E-state index contributed by atoms with van der Waals surface area (Å²) in [5.74, 6) is 2.02. The molecule has 4 aromatic rings. The molecule has 1 fully saturated rings. The number of nitrogens with one attached hydrogen (secondary N) is 1. The van der Waals surface area contributed by atoms with Crippen LogP contribution in [0.3, 0.4) is 0 Å². The van der Waals surface area contributed by atoms with Crippen LogP contribution in [0.2, 0.25) is 0 Å². The van der Waals surface area contributed by atoms with Crippen molar-refractivity contribution in [3.63, 3.8) is 0 Å². The van der Waals surface area contributed by atoms with Crippen molar-refractivity contribution in [1.29, 1.82) is 0 Å². The molecule has 3 aromatic heterocycles. The number of pyridine rings is 1. The smallest absolute Gasteiger partial charge is 0.224 e. The van der Waals surface area contributed by atoms with Crippen molar-refractivity contribution in [2.75, 3.05) is 42.9 Å². The van der Waals surface area contributed by atoms with E-state index >= 15 is 0 Å². The first-order valence-corrected chi connectivity index (χ1v) is 11.3. The maximum absolute atomic E-state index is 12.9. The highest BCUT2D eigenvalue weighted by molar-refractivity contribution is 5.80. The SMILES string of the molecule is Cc1ccccc1-c1nc2cnccn2c1NCCC(=O)N1CCN(c2ccccn2)CC1. The van der Waals surface area contributed by atoms with E-state index in [9.17, 15) is 4.79 Å². The topological polar surface area (TPSA) is 78.7 Å². The van der Waals surface area contributed by atoms with Crippen molar-refractivity contribution in [2.24, 2.45) is 0 Å². The van der Waals surface area contributed by atoms with E-state index in [-0.39, 0.29) is 5.91 Å². The molecule has 0 unspecified atom stereocenters. The van der Waals surface area contributed by atoms with Crippen LogP contribution in [-0.2, 0) is 4.79 Å². The highest BCUT2D eigenvalue weighted by Gasteiger charge is 2.22. The molecule has 0 aliphatic carbocycles. The lowest BCUT2D eigenvalue weighted by Crippen LogP contribution is -2.49. The zero-order valence-electron chi connectivity index (χ0n) is 18.7. The highest BCUT2D eigenvalue weighted by Crippen LogP contribution is 2.30. The molecule has 0 spiro atoms. The molecule has 1 amide bonds. The van der Waals surface area contributed by atoms with Crippen LogP contribution in [0.15, 0.2) is 67.3 Å². The van der Waals surface area contributed by atoms with Crippen LogP contribution in [0.1, 0.15) is 12.0 Å². The Morgan fingerprint density at radius 2 is 1.85 bits per heavy atom. The molecule has 1 N–H and O–H groups in total. The van der Waals surface area contributed by atoms with Gasteiger partial charge >= 0.3 is 0 Å². The Morgan fingerprint density at radius 1 is 1.03 bits per heavy atom. The molecular weight excluding hydrogens is 414 g/mol. The molecule has 5 rings (SSSR count). The van der Waals surface area contributed by atoms with Gasteiger partial charge in [0, 0.05) is 63.3 Å². The number of carbonyl (C=O) groups is 1. The third-order valence-electron chi connectivity index (χ3n) is 6.07. The molecule has 8 heteroatoms. The monoisotopic (exact) mass is 441 g/mol. The minimum Gasteiger partial charge on any atom is -0.369 e. The van der Waals surface area contributed by atoms with Gasteiger partial charge in [-0.2, -0.15) is 0 Å². The Kier molecular flexibility index (Phi) is 5.89. The number of carbonyl (C=O) groups excluding carboxylic acids is 1. The van der Waals surface area contributed by atoms with Gasteiger partial charge in [-0.3, -0.25) is 14.2 Å². The van der Waals surface area contributed by atoms with Crippen LogP contribution in [0, 0.1) is 6.92 Å². The van der Waals surface area contributed by atoms with Crippen LogP contribution in [-0.4, -0.2) is 62.9 Å². The standard InChI is InChI=1S/C25H27N7O/c1-19-6-2-3-7-20(19)24-25(32-13-12-26-18-22(32)29-24)28-11-9-23(33)31-16-14-30(15-17-31)21-8-4-5-10-27-21/h2-8,10,12-13,18,28H,9,11,14-17H2,1H3. The van der Waals surface area contributed by atoms with Gasteiger partial charge in [-0.25, -0.2) is 9.97 Å². The maximum atomic E-state index is 12.9. The van der Waals surface area contributed by atoms with Gasteiger partial charge in [0.15, 0.2) is 5.65 Å². The van der Waals surface area contributed by atoms with Crippen molar-refractivity contribution >= 4 is 23.2 Å². The van der Waals surface area contributed by atoms with Crippen molar-refractivity contribution in [2.45, 2.75) is 13.3 Å². The fourth-order valence-electron chi connectivity index (χ4n) is 4.27. The molecule has 1 saturated heterocycles. The summed E-state index contributed by atoms with van der Waals surface area (Å²) in [5.41, 5.74) is 3.87. The number of nitrogens with zero attached hydrogens (tertiary/aromatic N) is 6. The minimum atomic E-state index is 0.163. The number of imidazole rings is 1. The lowest BCUT2D eigenvalue weighted by Gasteiger charge is -2.35. The van der Waals surface area contributed by atoms with E-state index in [4.69, 9.17) is 4.98 Å². The van der Waals surface area contributed by atoms with E-state index in [1.807, 2.05) is 45.8 Å². The van der Waals surface area contributed by atoms with Gasteiger partial charge in [0.2, 0.25) is 5.91 Å². The second-order valence-corrected chi connectivity index (χ2v) is 8.16. The van der Waals surface area contributed by atoms with Gasteiger partial charge in [0.05, 0.1) is 6.20 Å². The summed E-state index contributed by atoms with van der Waals surface area (Å²) in [6, 6.07) is 14.1. The summed E-state index contributed by atoms with van der Waals surface area (Å²) in [4.78, 5) is 30.4. The van der Waals surface area contributed by atoms with Crippen LogP contribution in [0.25, 0.3) is 16.9 Å². The molecule has 0 atom stereocenters. The molecule has 0 bridgehead atoms. The predicted molar refractivity (Wildman–Crippen MR) is 129 cm³/mol. The lowest BCUT2D eigenvalue weighted by molar-refractivity contribution is -0.131. The summed E-state index contributed by atoms with van der Waals surface area (Å²) in [5, 5.41) is 3.47. The van der Waals surface area contributed by atoms with E-state index in [1.54, 1.807) is 18.6 Å². The fourth-order valence-corrected chi connectivity index (χ4v) is 4.27. The average Bonchev–Trinajstić information content (AvgIpc) is 3.23. The van der Waals surface area contributed by atoms with Crippen molar-refractivity contribution < 1.29 is 4.79 Å². The number of aryl methyl sites for hydroxylation is 1. The zero-order chi connectivity index (χ0) is 22.6. The molecule has 8 nitrogen and oxygen atoms in total. The second-order valence-electron chi connectivity index (χ2n) is 8.16. The first-order valence-electron chi connectivity index (χ1n) is 11.3. The Morgan fingerprint density at radius 3 is 2.64 bits per heavy atom. The number of benzene rings is 1. The molecule has 0 radical (unpaired) electrons. The number of piperazine rings is 1. The largest absolute Gasteiger partial charge is 0.369 e. The fraction of sp³-hybridized carbons (Fsp3) is 0.280. The predicted octanol–water partition coefficient (Wildman–Crippen LogP) is 3.25. The number of hydrogen-bond acceptors (Lipinski definition) is 6.